The van der Waals surface area contributed by atoms with E-state index < -0.39 is 0 Å². The maximum absolute atomic E-state index is 11.6. The standard InChI is InChI=1S/C12H8O2S2.2C5H5.2Fe/c13-11(9-5-1-2-6-9)15-16-12(14)10-7-3-4-8-10;2*1-2-4-5-3-1;;/h1-8H;2*1-5H;;/q-2;2*-1;;. The van der Waals surface area contributed by atoms with Gasteiger partial charge in [0.2, 0.25) is 0 Å². The Morgan fingerprint density at radius 1 is 0.536 bits per heavy atom. The molecule has 0 amide bonds. The van der Waals surface area contributed by atoms with Gasteiger partial charge in [0.1, 0.15) is 0 Å². The Kier molecular flexibility index (Phi) is 15.5. The molecule has 0 radical (unpaired) electrons. The van der Waals surface area contributed by atoms with Crippen molar-refractivity contribution >= 4 is 31.8 Å². The van der Waals surface area contributed by atoms with E-state index in [1.54, 1.807) is 48.5 Å². The van der Waals surface area contributed by atoms with E-state index in [0.29, 0.717) is 11.1 Å². The predicted molar refractivity (Wildman–Crippen MR) is 112 cm³/mol. The van der Waals surface area contributed by atoms with Gasteiger partial charge in [-0.3, -0.25) is 9.59 Å². The molecule has 4 aromatic carbocycles. The number of carbonyl (C=O) groups is 2. The van der Waals surface area contributed by atoms with Crippen molar-refractivity contribution in [2.45, 2.75) is 0 Å². The topological polar surface area (TPSA) is 34.1 Å². The fourth-order valence-corrected chi connectivity index (χ4v) is 3.48. The molecule has 0 heterocycles. The zero-order valence-corrected chi connectivity index (χ0v) is 18.6. The Hall–Kier alpha value is -1.52. The van der Waals surface area contributed by atoms with Gasteiger partial charge in [-0.05, 0) is 21.6 Å². The quantitative estimate of drug-likeness (QED) is 0.188. The molecule has 0 fully saturated rings. The molecular weight excluding hydrogens is 472 g/mol. The molecule has 0 aliphatic carbocycles. The average Bonchev–Trinajstić information content (AvgIpc) is 3.50. The summed E-state index contributed by atoms with van der Waals surface area (Å²) in [6.45, 7) is 0. The second kappa shape index (κ2) is 16.4. The van der Waals surface area contributed by atoms with Crippen molar-refractivity contribution in [3.63, 3.8) is 0 Å². The Bertz CT molecular complexity index is 713. The number of hydrogen-bond acceptors (Lipinski definition) is 4. The second-order valence-corrected chi connectivity index (χ2v) is 7.09. The largest absolute Gasteiger partial charge is 0.295 e. The third-order valence-corrected chi connectivity index (χ3v) is 5.12. The molecule has 0 aliphatic rings. The van der Waals surface area contributed by atoms with E-state index in [1.165, 1.54) is 0 Å². The average molecular weight is 490 g/mol. The minimum atomic E-state index is -0.0880. The number of rotatable bonds is 2. The first-order valence-corrected chi connectivity index (χ1v) is 10.1. The molecule has 0 bridgehead atoms. The summed E-state index contributed by atoms with van der Waals surface area (Å²) in [6, 6.07) is 34.2. The van der Waals surface area contributed by atoms with Gasteiger partial charge in [0, 0.05) is 34.1 Å². The SMILES string of the molecule is O=C(SSC(=O)[c-]1cccc1)[c-]1cccc1.[Fe].[Fe].c1cc[cH-]c1.c1cc[cH-]c1. The summed E-state index contributed by atoms with van der Waals surface area (Å²) in [5, 5.41) is -0.176. The van der Waals surface area contributed by atoms with E-state index >= 15 is 0 Å². The normalized spacial score (nSPS) is 8.71. The van der Waals surface area contributed by atoms with Crippen LogP contribution >= 0.6 is 21.6 Å². The summed E-state index contributed by atoms with van der Waals surface area (Å²) in [6.07, 6.45) is 0. The van der Waals surface area contributed by atoms with Crippen molar-refractivity contribution in [2.75, 3.05) is 0 Å². The molecule has 2 nitrogen and oxygen atoms in total. The van der Waals surface area contributed by atoms with Gasteiger partial charge in [-0.2, -0.15) is 60.7 Å². The van der Waals surface area contributed by atoms with E-state index in [1.807, 2.05) is 60.7 Å². The van der Waals surface area contributed by atoms with Crippen LogP contribution in [0.1, 0.15) is 20.7 Å². The Labute approximate surface area is 194 Å². The zero-order valence-electron chi connectivity index (χ0n) is 14.7. The van der Waals surface area contributed by atoms with Crippen molar-refractivity contribution < 1.29 is 43.7 Å². The molecule has 0 N–H and O–H groups in total. The van der Waals surface area contributed by atoms with Crippen LogP contribution in [0.2, 0.25) is 0 Å². The van der Waals surface area contributed by atoms with E-state index in [4.69, 9.17) is 0 Å². The van der Waals surface area contributed by atoms with Crippen molar-refractivity contribution in [3.8, 4) is 0 Å². The predicted octanol–water partition coefficient (Wildman–Crippen LogP) is 6.29. The maximum Gasteiger partial charge on any atom is 0.175 e. The molecule has 6 heteroatoms. The summed E-state index contributed by atoms with van der Waals surface area (Å²) >= 11 is 0. The van der Waals surface area contributed by atoms with Gasteiger partial charge in [0.05, 0.1) is 0 Å². The minimum Gasteiger partial charge on any atom is -0.295 e. The van der Waals surface area contributed by atoms with Gasteiger partial charge in [0.25, 0.3) is 0 Å². The second-order valence-electron chi connectivity index (χ2n) is 5.01. The molecule has 0 atom stereocenters. The number of carbonyl (C=O) groups excluding carboxylic acids is 2. The third kappa shape index (κ3) is 10.7. The molecule has 0 unspecified atom stereocenters. The molecule has 150 valence electrons. The Morgan fingerprint density at radius 3 is 1.04 bits per heavy atom. The fraction of sp³-hybridized carbons (Fsp3) is 0. The summed E-state index contributed by atoms with van der Waals surface area (Å²) in [5.74, 6) is 0. The molecular formula is C22H18Fe2O2S2-4. The van der Waals surface area contributed by atoms with Gasteiger partial charge in [-0.25, -0.2) is 48.5 Å². The zero-order chi connectivity index (χ0) is 18.5. The smallest absolute Gasteiger partial charge is 0.175 e. The van der Waals surface area contributed by atoms with Crippen molar-refractivity contribution in [1.29, 1.82) is 0 Å². The van der Waals surface area contributed by atoms with Gasteiger partial charge in [0.15, 0.2) is 10.2 Å². The van der Waals surface area contributed by atoms with E-state index in [-0.39, 0.29) is 44.4 Å². The molecule has 28 heavy (non-hydrogen) atoms. The van der Waals surface area contributed by atoms with Crippen molar-refractivity contribution in [1.82, 2.24) is 0 Å². The first kappa shape index (κ1) is 26.5. The van der Waals surface area contributed by atoms with E-state index in [9.17, 15) is 9.59 Å². The summed E-state index contributed by atoms with van der Waals surface area (Å²) in [5.41, 5.74) is 1.26. The molecule has 0 saturated carbocycles. The van der Waals surface area contributed by atoms with Gasteiger partial charge in [-0.15, -0.1) is 0 Å². The molecule has 4 rings (SSSR count). The summed E-state index contributed by atoms with van der Waals surface area (Å²) in [7, 11) is 1.94. The maximum atomic E-state index is 11.6. The van der Waals surface area contributed by atoms with E-state index in [0.717, 1.165) is 21.6 Å². The summed E-state index contributed by atoms with van der Waals surface area (Å²) in [4.78, 5) is 23.1. The van der Waals surface area contributed by atoms with Crippen LogP contribution in [0, 0.1) is 0 Å². The Morgan fingerprint density at radius 2 is 0.821 bits per heavy atom. The van der Waals surface area contributed by atoms with Crippen LogP contribution in [0.5, 0.6) is 0 Å². The molecule has 4 aromatic rings. The number of hydrogen-bond donors (Lipinski definition) is 0. The van der Waals surface area contributed by atoms with Gasteiger partial charge in [-0.1, -0.05) is 11.1 Å². The summed E-state index contributed by atoms with van der Waals surface area (Å²) < 4.78 is 0. The van der Waals surface area contributed by atoms with Crippen LogP contribution in [0.15, 0.2) is 109 Å². The van der Waals surface area contributed by atoms with E-state index in [2.05, 4.69) is 0 Å². The monoisotopic (exact) mass is 490 g/mol. The first-order chi connectivity index (χ1) is 12.8. The van der Waals surface area contributed by atoms with Crippen LogP contribution < -0.4 is 0 Å². The van der Waals surface area contributed by atoms with Gasteiger partial charge >= 0.3 is 0 Å². The third-order valence-electron chi connectivity index (χ3n) is 3.10. The van der Waals surface area contributed by atoms with Crippen molar-refractivity contribution in [3.05, 3.63) is 120 Å². The Balaban J connectivity index is 0.000000500. The first-order valence-electron chi connectivity index (χ1n) is 7.97. The van der Waals surface area contributed by atoms with Crippen LogP contribution in [-0.4, -0.2) is 10.2 Å². The molecule has 0 saturated heterocycles. The van der Waals surface area contributed by atoms with Crippen LogP contribution in [0.3, 0.4) is 0 Å². The van der Waals surface area contributed by atoms with Crippen LogP contribution in [0.25, 0.3) is 0 Å². The molecule has 0 aromatic heterocycles. The van der Waals surface area contributed by atoms with Crippen molar-refractivity contribution in [2.24, 2.45) is 0 Å². The van der Waals surface area contributed by atoms with Crippen LogP contribution in [-0.2, 0) is 34.1 Å². The molecule has 0 spiro atoms. The fourth-order valence-electron chi connectivity index (χ4n) is 1.83. The van der Waals surface area contributed by atoms with Gasteiger partial charge < -0.3 is 0 Å². The molecule has 0 aliphatic heterocycles. The van der Waals surface area contributed by atoms with Crippen LogP contribution in [0.4, 0.5) is 0 Å². The minimum absolute atomic E-state index is 0.